The van der Waals surface area contributed by atoms with Crippen molar-refractivity contribution in [3.63, 3.8) is 0 Å². The van der Waals surface area contributed by atoms with Gasteiger partial charge in [-0.3, -0.25) is 4.21 Å². The van der Waals surface area contributed by atoms with Crippen molar-refractivity contribution in [3.8, 4) is 0 Å². The molecule has 0 aromatic carbocycles. The first-order valence-electron chi connectivity index (χ1n) is 5.38. The molecule has 3 nitrogen and oxygen atoms in total. The zero-order valence-corrected chi connectivity index (χ0v) is 10.3. The number of hydrogen-bond acceptors (Lipinski definition) is 2. The van der Waals surface area contributed by atoms with Gasteiger partial charge in [-0.25, -0.2) is 0 Å². The number of aryl methyl sites for hydroxylation is 1. The Morgan fingerprint density at radius 3 is 3.00 bits per heavy atom. The van der Waals surface area contributed by atoms with Gasteiger partial charge in [0.05, 0.1) is 0 Å². The zero-order valence-electron chi connectivity index (χ0n) is 9.53. The molecule has 1 aromatic heterocycles. The number of nitrogens with zero attached hydrogens (tertiary/aromatic N) is 1. The molecule has 86 valence electrons. The van der Waals surface area contributed by atoms with Gasteiger partial charge in [0.1, 0.15) is 0 Å². The van der Waals surface area contributed by atoms with E-state index >= 15 is 0 Å². The number of rotatable bonds is 7. The average Bonchev–Trinajstić information content (AvgIpc) is 2.64. The standard InChI is InChI=1S/C11H20N2OS/c1-3-13-8-4-6-11(13)10-12-7-5-9-15(2)14/h4,6,8,12H,3,5,7,9-10H2,1-2H3. The maximum atomic E-state index is 10.8. The summed E-state index contributed by atoms with van der Waals surface area (Å²) in [5.74, 6) is 0.793. The van der Waals surface area contributed by atoms with Crippen molar-refractivity contribution in [3.05, 3.63) is 24.0 Å². The van der Waals surface area contributed by atoms with Crippen LogP contribution in [0, 0.1) is 0 Å². The van der Waals surface area contributed by atoms with E-state index in [2.05, 4.69) is 35.1 Å². The van der Waals surface area contributed by atoms with Crippen LogP contribution in [0.4, 0.5) is 0 Å². The lowest BCUT2D eigenvalue weighted by Gasteiger charge is -2.07. The molecule has 0 aliphatic carbocycles. The fourth-order valence-electron chi connectivity index (χ4n) is 1.54. The van der Waals surface area contributed by atoms with Gasteiger partial charge in [0.15, 0.2) is 0 Å². The highest BCUT2D eigenvalue weighted by Crippen LogP contribution is 2.01. The summed E-state index contributed by atoms with van der Waals surface area (Å²) in [7, 11) is -0.657. The molecule has 1 rings (SSSR count). The Kier molecular flexibility index (Phi) is 5.65. The molecule has 0 bridgehead atoms. The molecule has 1 N–H and O–H groups in total. The highest BCUT2D eigenvalue weighted by Gasteiger charge is 1.98. The predicted octanol–water partition coefficient (Wildman–Crippen LogP) is 1.37. The fourth-order valence-corrected chi connectivity index (χ4v) is 2.09. The number of aromatic nitrogens is 1. The van der Waals surface area contributed by atoms with Gasteiger partial charge in [-0.15, -0.1) is 0 Å². The van der Waals surface area contributed by atoms with Gasteiger partial charge in [-0.1, -0.05) is 0 Å². The number of hydrogen-bond donors (Lipinski definition) is 1. The van der Waals surface area contributed by atoms with Crippen LogP contribution in [0.3, 0.4) is 0 Å². The molecule has 1 unspecified atom stereocenters. The van der Waals surface area contributed by atoms with Crippen LogP contribution in [0.25, 0.3) is 0 Å². The maximum Gasteiger partial charge on any atom is 0.0359 e. The fraction of sp³-hybridized carbons (Fsp3) is 0.636. The van der Waals surface area contributed by atoms with E-state index < -0.39 is 10.8 Å². The molecule has 4 heteroatoms. The average molecular weight is 228 g/mol. The molecule has 0 saturated carbocycles. The van der Waals surface area contributed by atoms with Crippen molar-refractivity contribution < 1.29 is 4.21 Å². The summed E-state index contributed by atoms with van der Waals surface area (Å²) < 4.78 is 13.0. The van der Waals surface area contributed by atoms with Gasteiger partial charge >= 0.3 is 0 Å². The molecule has 0 aliphatic rings. The Bertz CT molecular complexity index is 309. The zero-order chi connectivity index (χ0) is 11.1. The van der Waals surface area contributed by atoms with Crippen LogP contribution in [0.15, 0.2) is 18.3 Å². The summed E-state index contributed by atoms with van der Waals surface area (Å²) in [5.41, 5.74) is 1.31. The van der Waals surface area contributed by atoms with Crippen LogP contribution in [0.5, 0.6) is 0 Å². The summed E-state index contributed by atoms with van der Waals surface area (Å²) in [6.45, 7) is 5.00. The summed E-state index contributed by atoms with van der Waals surface area (Å²) >= 11 is 0. The lowest BCUT2D eigenvalue weighted by molar-refractivity contribution is 0.621. The van der Waals surface area contributed by atoms with E-state index in [1.54, 1.807) is 6.26 Å². The van der Waals surface area contributed by atoms with Gasteiger partial charge in [0, 0.05) is 47.8 Å². The Morgan fingerprint density at radius 1 is 1.53 bits per heavy atom. The van der Waals surface area contributed by atoms with Gasteiger partial charge in [0.25, 0.3) is 0 Å². The van der Waals surface area contributed by atoms with E-state index in [9.17, 15) is 4.21 Å². The Labute approximate surface area is 94.3 Å². The normalized spacial score (nSPS) is 12.9. The minimum Gasteiger partial charge on any atom is -0.351 e. The second-order valence-electron chi connectivity index (χ2n) is 3.59. The largest absolute Gasteiger partial charge is 0.351 e. The molecule has 0 amide bonds. The highest BCUT2D eigenvalue weighted by atomic mass is 32.2. The van der Waals surface area contributed by atoms with E-state index in [4.69, 9.17) is 0 Å². The lowest BCUT2D eigenvalue weighted by atomic mass is 10.4. The quantitative estimate of drug-likeness (QED) is 0.715. The second-order valence-corrected chi connectivity index (χ2v) is 5.15. The Hall–Kier alpha value is -0.610. The van der Waals surface area contributed by atoms with Crippen LogP contribution in [-0.2, 0) is 23.9 Å². The summed E-state index contributed by atoms with van der Waals surface area (Å²) in [6.07, 6.45) is 4.83. The van der Waals surface area contributed by atoms with Gasteiger partial charge in [0.2, 0.25) is 0 Å². The predicted molar refractivity (Wildman–Crippen MR) is 65.4 cm³/mol. The second kappa shape index (κ2) is 6.80. The minimum atomic E-state index is -0.657. The first-order valence-corrected chi connectivity index (χ1v) is 7.11. The maximum absolute atomic E-state index is 10.8. The van der Waals surface area contributed by atoms with E-state index in [-0.39, 0.29) is 0 Å². The van der Waals surface area contributed by atoms with Crippen molar-refractivity contribution >= 4 is 10.8 Å². The third-order valence-electron chi connectivity index (χ3n) is 2.36. The first-order chi connectivity index (χ1) is 7.24. The molecule has 1 aromatic rings. The summed E-state index contributed by atoms with van der Waals surface area (Å²) in [5, 5.41) is 3.36. The van der Waals surface area contributed by atoms with Crippen LogP contribution in [-0.4, -0.2) is 27.3 Å². The minimum absolute atomic E-state index is 0.657. The molecule has 1 atom stereocenters. The molecule has 1 heterocycles. The lowest BCUT2D eigenvalue weighted by Crippen LogP contribution is -2.18. The van der Waals surface area contributed by atoms with Crippen LogP contribution in [0.2, 0.25) is 0 Å². The summed E-state index contributed by atoms with van der Waals surface area (Å²) in [4.78, 5) is 0. The van der Waals surface area contributed by atoms with Gasteiger partial charge in [-0.05, 0) is 32.0 Å². The van der Waals surface area contributed by atoms with Gasteiger partial charge in [-0.2, -0.15) is 0 Å². The third-order valence-corrected chi connectivity index (χ3v) is 3.22. The Morgan fingerprint density at radius 2 is 2.33 bits per heavy atom. The highest BCUT2D eigenvalue weighted by molar-refractivity contribution is 7.84. The van der Waals surface area contributed by atoms with Crippen molar-refractivity contribution in [2.75, 3.05) is 18.6 Å². The van der Waals surface area contributed by atoms with Crippen molar-refractivity contribution in [1.82, 2.24) is 9.88 Å². The molecule has 0 spiro atoms. The molecule has 0 radical (unpaired) electrons. The molecule has 0 fully saturated rings. The monoisotopic (exact) mass is 228 g/mol. The topological polar surface area (TPSA) is 34.0 Å². The van der Waals surface area contributed by atoms with Crippen LogP contribution in [0.1, 0.15) is 19.0 Å². The molecule has 15 heavy (non-hydrogen) atoms. The van der Waals surface area contributed by atoms with Gasteiger partial charge < -0.3 is 9.88 Å². The molecular weight excluding hydrogens is 208 g/mol. The summed E-state index contributed by atoms with van der Waals surface area (Å²) in [6, 6.07) is 4.20. The van der Waals surface area contributed by atoms with Crippen LogP contribution >= 0.6 is 0 Å². The molecule has 0 saturated heterocycles. The van der Waals surface area contributed by atoms with E-state index in [1.807, 2.05) is 0 Å². The van der Waals surface area contributed by atoms with Crippen molar-refractivity contribution in [2.45, 2.75) is 26.4 Å². The van der Waals surface area contributed by atoms with E-state index in [0.29, 0.717) is 0 Å². The van der Waals surface area contributed by atoms with E-state index in [0.717, 1.165) is 31.8 Å². The van der Waals surface area contributed by atoms with Crippen molar-refractivity contribution in [1.29, 1.82) is 0 Å². The molecular formula is C11H20N2OS. The first kappa shape index (κ1) is 12.5. The third kappa shape index (κ3) is 4.62. The Balaban J connectivity index is 2.17. The molecule has 0 aliphatic heterocycles. The number of nitrogens with one attached hydrogen (secondary N) is 1. The SMILES string of the molecule is CCn1cccc1CNCCCS(C)=O. The van der Waals surface area contributed by atoms with E-state index in [1.165, 1.54) is 5.69 Å². The van der Waals surface area contributed by atoms with Crippen LogP contribution < -0.4 is 5.32 Å². The van der Waals surface area contributed by atoms with Crippen molar-refractivity contribution in [2.24, 2.45) is 0 Å². The smallest absolute Gasteiger partial charge is 0.0359 e.